The number of nitrogens with one attached hydrogen (secondary N) is 1. The second-order valence-corrected chi connectivity index (χ2v) is 10.3. The van der Waals surface area contributed by atoms with Crippen LogP contribution in [0.25, 0.3) is 0 Å². The third kappa shape index (κ3) is 7.28. The Hall–Kier alpha value is -3.70. The highest BCUT2D eigenvalue weighted by atomic mass is 35.5. The third-order valence-electron chi connectivity index (χ3n) is 5.99. The van der Waals surface area contributed by atoms with Crippen molar-refractivity contribution in [3.63, 3.8) is 0 Å². The van der Waals surface area contributed by atoms with Crippen LogP contribution in [0.3, 0.4) is 0 Å². The largest absolute Gasteiger partial charge is 0.493 e. The lowest BCUT2D eigenvalue weighted by Gasteiger charge is -2.32. The highest BCUT2D eigenvalue weighted by Crippen LogP contribution is 2.34. The van der Waals surface area contributed by atoms with Crippen molar-refractivity contribution in [3.05, 3.63) is 82.9 Å². The normalized spacial score (nSPS) is 16.6. The van der Waals surface area contributed by atoms with E-state index in [1.165, 1.54) is 31.3 Å². The molecule has 1 N–H and O–H groups in total. The molecule has 1 atom stereocenters. The fourth-order valence-electron chi connectivity index (χ4n) is 3.99. The maximum absolute atomic E-state index is 13.3. The average molecular weight is 592 g/mol. The predicted molar refractivity (Wildman–Crippen MR) is 150 cm³/mol. The smallest absolute Gasteiger partial charge is 0.416 e. The van der Waals surface area contributed by atoms with Gasteiger partial charge in [-0.3, -0.25) is 14.5 Å². The van der Waals surface area contributed by atoms with Gasteiger partial charge in [-0.2, -0.15) is 13.2 Å². The maximum Gasteiger partial charge on any atom is 0.416 e. The molecule has 0 aliphatic carbocycles. The number of carbonyl (C=O) groups excluding carboxylic acids is 2. The molecule has 1 aliphatic heterocycles. The van der Waals surface area contributed by atoms with Crippen LogP contribution < -0.4 is 14.8 Å². The number of amides is 2. The first-order valence-corrected chi connectivity index (χ1v) is 13.3. The molecule has 1 heterocycles. The second kappa shape index (κ2) is 12.6. The monoisotopic (exact) mass is 591 g/mol. The lowest BCUT2D eigenvalue weighted by atomic mass is 10.1. The predicted octanol–water partition coefficient (Wildman–Crippen LogP) is 6.58. The summed E-state index contributed by atoms with van der Waals surface area (Å²) < 4.78 is 50.6. The number of amidine groups is 1. The van der Waals surface area contributed by atoms with Crippen LogP contribution in [-0.4, -0.2) is 47.9 Å². The SMILES string of the molecule is COc1ccc(CCN2C(=O)C[C@H](C(=O)Nc3cccc(Cl)c3)SC2=Nc2cccc(C(F)(F)F)c2)cc1OC. The van der Waals surface area contributed by atoms with Gasteiger partial charge in [0.15, 0.2) is 16.7 Å². The molecule has 1 aliphatic rings. The number of methoxy groups -OCH3 is 2. The summed E-state index contributed by atoms with van der Waals surface area (Å²) in [5.41, 5.74) is 0.443. The van der Waals surface area contributed by atoms with Gasteiger partial charge in [0.1, 0.15) is 5.25 Å². The summed E-state index contributed by atoms with van der Waals surface area (Å²) in [4.78, 5) is 32.1. The van der Waals surface area contributed by atoms with Crippen LogP contribution in [0.1, 0.15) is 17.5 Å². The van der Waals surface area contributed by atoms with Crippen LogP contribution in [0.4, 0.5) is 24.5 Å². The molecule has 40 heavy (non-hydrogen) atoms. The first-order chi connectivity index (χ1) is 19.1. The van der Waals surface area contributed by atoms with E-state index < -0.39 is 22.9 Å². The van der Waals surface area contributed by atoms with Gasteiger partial charge in [-0.05, 0) is 60.5 Å². The number of hydrogen-bond acceptors (Lipinski definition) is 6. The quantitative estimate of drug-likeness (QED) is 0.320. The van der Waals surface area contributed by atoms with Crippen LogP contribution in [0.5, 0.6) is 11.5 Å². The number of carbonyl (C=O) groups is 2. The number of benzene rings is 3. The Morgan fingerprint density at radius 3 is 2.52 bits per heavy atom. The van der Waals surface area contributed by atoms with Crippen molar-refractivity contribution in [3.8, 4) is 11.5 Å². The van der Waals surface area contributed by atoms with Crippen molar-refractivity contribution in [2.24, 2.45) is 4.99 Å². The first kappa shape index (κ1) is 29.3. The molecule has 0 aromatic heterocycles. The number of ether oxygens (including phenoxy) is 2. The third-order valence-corrected chi connectivity index (χ3v) is 7.42. The van der Waals surface area contributed by atoms with Crippen molar-refractivity contribution in [2.45, 2.75) is 24.3 Å². The molecule has 0 unspecified atom stereocenters. The number of halogens is 4. The topological polar surface area (TPSA) is 80.2 Å². The zero-order valence-corrected chi connectivity index (χ0v) is 23.1. The number of alkyl halides is 3. The van der Waals surface area contributed by atoms with E-state index in [9.17, 15) is 22.8 Å². The molecule has 12 heteroatoms. The Kier molecular flexibility index (Phi) is 9.26. The summed E-state index contributed by atoms with van der Waals surface area (Å²) in [5, 5.41) is 2.44. The number of hydrogen-bond donors (Lipinski definition) is 1. The van der Waals surface area contributed by atoms with Crippen LogP contribution in [0.15, 0.2) is 71.7 Å². The molecule has 0 spiro atoms. The van der Waals surface area contributed by atoms with E-state index in [1.54, 1.807) is 36.4 Å². The van der Waals surface area contributed by atoms with Gasteiger partial charge in [0.25, 0.3) is 0 Å². The molecule has 7 nitrogen and oxygen atoms in total. The molecule has 1 saturated heterocycles. The van der Waals surface area contributed by atoms with E-state index >= 15 is 0 Å². The summed E-state index contributed by atoms with van der Waals surface area (Å²) >= 11 is 7.02. The molecule has 4 rings (SSSR count). The van der Waals surface area contributed by atoms with Gasteiger partial charge < -0.3 is 14.8 Å². The molecular formula is C28H25ClF3N3O4S. The van der Waals surface area contributed by atoms with E-state index in [0.29, 0.717) is 28.6 Å². The van der Waals surface area contributed by atoms with Gasteiger partial charge in [0, 0.05) is 23.7 Å². The van der Waals surface area contributed by atoms with Gasteiger partial charge in [-0.15, -0.1) is 0 Å². The minimum Gasteiger partial charge on any atom is -0.493 e. The summed E-state index contributed by atoms with van der Waals surface area (Å²) in [7, 11) is 3.04. The van der Waals surface area contributed by atoms with Crippen molar-refractivity contribution in [2.75, 3.05) is 26.1 Å². The summed E-state index contributed by atoms with van der Waals surface area (Å²) in [6.07, 6.45) is -4.28. The standard InChI is InChI=1S/C28H25ClF3N3O4S/c1-38-22-10-9-17(13-23(22)39-2)11-12-35-25(36)16-24(26(37)33-21-8-4-6-19(29)15-21)40-27(35)34-20-7-3-5-18(14-20)28(30,31)32/h3-10,13-15,24H,11-12,16H2,1-2H3,(H,33,37)/t24-/m1/s1. The van der Waals surface area contributed by atoms with E-state index in [1.807, 2.05) is 6.07 Å². The molecule has 3 aromatic carbocycles. The van der Waals surface area contributed by atoms with E-state index in [0.717, 1.165) is 29.5 Å². The lowest BCUT2D eigenvalue weighted by Crippen LogP contribution is -2.46. The highest BCUT2D eigenvalue weighted by molar-refractivity contribution is 8.15. The Morgan fingerprint density at radius 1 is 1.07 bits per heavy atom. The second-order valence-electron chi connectivity index (χ2n) is 8.74. The summed E-state index contributed by atoms with van der Waals surface area (Å²) in [6, 6.07) is 16.4. The molecule has 2 amide bonds. The number of rotatable bonds is 8. The fraction of sp³-hybridized carbons (Fsp3) is 0.250. The van der Waals surface area contributed by atoms with Crippen molar-refractivity contribution >= 4 is 51.7 Å². The zero-order valence-electron chi connectivity index (χ0n) is 21.5. The Morgan fingerprint density at radius 2 is 1.82 bits per heavy atom. The molecule has 0 bridgehead atoms. The van der Waals surface area contributed by atoms with Gasteiger partial charge in [-0.1, -0.05) is 41.6 Å². The van der Waals surface area contributed by atoms with Crippen LogP contribution in [0.2, 0.25) is 5.02 Å². The van der Waals surface area contributed by atoms with Crippen molar-refractivity contribution in [1.82, 2.24) is 4.90 Å². The van der Waals surface area contributed by atoms with E-state index in [-0.39, 0.29) is 29.7 Å². The molecule has 0 saturated carbocycles. The van der Waals surface area contributed by atoms with Gasteiger partial charge in [0.2, 0.25) is 11.8 Å². The van der Waals surface area contributed by atoms with Crippen molar-refractivity contribution in [1.29, 1.82) is 0 Å². The zero-order chi connectivity index (χ0) is 28.9. The Bertz CT molecular complexity index is 1430. The van der Waals surface area contributed by atoms with Gasteiger partial charge in [-0.25, -0.2) is 4.99 Å². The van der Waals surface area contributed by atoms with E-state index in [4.69, 9.17) is 21.1 Å². The van der Waals surface area contributed by atoms with E-state index in [2.05, 4.69) is 10.3 Å². The molecule has 0 radical (unpaired) electrons. The number of thioether (sulfide) groups is 1. The summed E-state index contributed by atoms with van der Waals surface area (Å²) in [6.45, 7) is 0.182. The lowest BCUT2D eigenvalue weighted by molar-refractivity contribution is -0.137. The van der Waals surface area contributed by atoms with Gasteiger partial charge in [0.05, 0.1) is 25.5 Å². The average Bonchev–Trinajstić information content (AvgIpc) is 2.92. The Labute approximate surface area is 238 Å². The number of anilines is 1. The van der Waals surface area contributed by atoms with Crippen molar-refractivity contribution < 1.29 is 32.2 Å². The van der Waals surface area contributed by atoms with Crippen LogP contribution in [-0.2, 0) is 22.2 Å². The molecule has 1 fully saturated rings. The molecule has 3 aromatic rings. The van der Waals surface area contributed by atoms with Crippen LogP contribution in [0, 0.1) is 0 Å². The Balaban J connectivity index is 1.61. The minimum atomic E-state index is -4.56. The van der Waals surface area contributed by atoms with Crippen LogP contribution >= 0.6 is 23.4 Å². The van der Waals surface area contributed by atoms with Gasteiger partial charge >= 0.3 is 6.18 Å². The highest BCUT2D eigenvalue weighted by Gasteiger charge is 2.36. The minimum absolute atomic E-state index is 0.0112. The maximum atomic E-state index is 13.3. The number of nitrogens with zero attached hydrogens (tertiary/aromatic N) is 2. The molecule has 210 valence electrons. The summed E-state index contributed by atoms with van der Waals surface area (Å²) in [5.74, 6) is 0.249. The number of aliphatic imine (C=N–C) groups is 1. The fourth-order valence-corrected chi connectivity index (χ4v) is 5.30. The first-order valence-electron chi connectivity index (χ1n) is 12.1. The molecular weight excluding hydrogens is 567 g/mol.